The lowest BCUT2D eigenvalue weighted by atomic mass is 10.1. The Balaban J connectivity index is 0.00000306. The summed E-state index contributed by atoms with van der Waals surface area (Å²) >= 11 is 1.40. The number of rotatable bonds is 8. The van der Waals surface area contributed by atoms with Crippen molar-refractivity contribution in [2.75, 3.05) is 53.6 Å². The number of nitrogens with one attached hydrogen (secondary N) is 1. The smallest absolute Gasteiger partial charge is 0.280 e. The van der Waals surface area contributed by atoms with Crippen LogP contribution in [0.3, 0.4) is 0 Å². The van der Waals surface area contributed by atoms with Gasteiger partial charge in [-0.15, -0.1) is 23.7 Å². The van der Waals surface area contributed by atoms with Gasteiger partial charge in [0.1, 0.15) is 11.5 Å². The summed E-state index contributed by atoms with van der Waals surface area (Å²) in [5, 5.41) is 3.46. The molecule has 1 N–H and O–H groups in total. The number of thiazole rings is 1. The molecule has 7 nitrogen and oxygen atoms in total. The monoisotopic (exact) mass is 489 g/mol. The molecule has 1 fully saturated rings. The van der Waals surface area contributed by atoms with Gasteiger partial charge in [-0.1, -0.05) is 0 Å². The van der Waals surface area contributed by atoms with Crippen molar-refractivity contribution < 1.29 is 19.0 Å². The Morgan fingerprint density at radius 2 is 1.58 bits per heavy atom. The Hall–Kier alpha value is -2.65. The predicted molar refractivity (Wildman–Crippen MR) is 133 cm³/mol. The van der Waals surface area contributed by atoms with Crippen molar-refractivity contribution in [3.63, 3.8) is 0 Å². The van der Waals surface area contributed by atoms with Gasteiger partial charge in [0.2, 0.25) is 0 Å². The van der Waals surface area contributed by atoms with Crippen LogP contribution in [0.15, 0.2) is 48.5 Å². The van der Waals surface area contributed by atoms with Crippen LogP contribution in [0, 0.1) is 0 Å². The molecule has 2 aromatic carbocycles. The van der Waals surface area contributed by atoms with Crippen molar-refractivity contribution in [3.8, 4) is 33.2 Å². The van der Waals surface area contributed by atoms with Gasteiger partial charge in [-0.05, 0) is 54.1 Å². The molecule has 3 aromatic rings. The first-order chi connectivity index (χ1) is 15.7. The predicted octanol–water partition coefficient (Wildman–Crippen LogP) is 3.98. The molecule has 176 valence electrons. The second-order valence-electron chi connectivity index (χ2n) is 7.36. The maximum atomic E-state index is 12.9. The number of hydrogen-bond acceptors (Lipinski definition) is 7. The summed E-state index contributed by atoms with van der Waals surface area (Å²) in [7, 11) is 3.28. The second-order valence-corrected chi connectivity index (χ2v) is 8.36. The van der Waals surface area contributed by atoms with Gasteiger partial charge in [-0.3, -0.25) is 9.69 Å². The Labute approximate surface area is 204 Å². The fourth-order valence-electron chi connectivity index (χ4n) is 3.53. The SMILES string of the molecule is COc1ccc(-c2nc(C(=O)NCCN3CCOCC3)sc2-c2ccc(OC)cc2)cc1.Cl. The summed E-state index contributed by atoms with van der Waals surface area (Å²) in [5.74, 6) is 1.40. The first kappa shape index (κ1) is 25.0. The summed E-state index contributed by atoms with van der Waals surface area (Å²) in [6.45, 7) is 4.67. The van der Waals surface area contributed by atoms with Gasteiger partial charge in [0.05, 0.1) is 38.0 Å². The molecule has 9 heteroatoms. The molecule has 33 heavy (non-hydrogen) atoms. The maximum absolute atomic E-state index is 12.9. The van der Waals surface area contributed by atoms with Crippen molar-refractivity contribution in [3.05, 3.63) is 53.5 Å². The number of aromatic nitrogens is 1. The molecule has 1 aliphatic heterocycles. The topological polar surface area (TPSA) is 72.9 Å². The normalized spacial score (nSPS) is 13.8. The number of benzene rings is 2. The molecule has 4 rings (SSSR count). The van der Waals surface area contributed by atoms with Crippen LogP contribution in [-0.2, 0) is 4.74 Å². The van der Waals surface area contributed by atoms with E-state index in [2.05, 4.69) is 10.2 Å². The van der Waals surface area contributed by atoms with Crippen LogP contribution in [0.4, 0.5) is 0 Å². The quantitative estimate of drug-likeness (QED) is 0.516. The number of halogens is 1. The molecule has 2 heterocycles. The summed E-state index contributed by atoms with van der Waals surface area (Å²) in [5.41, 5.74) is 2.70. The van der Waals surface area contributed by atoms with Gasteiger partial charge < -0.3 is 19.5 Å². The van der Waals surface area contributed by atoms with Gasteiger partial charge >= 0.3 is 0 Å². The standard InChI is InChI=1S/C24H27N3O4S.ClH/c1-29-19-7-3-17(4-8-19)21-22(18-5-9-20(30-2)10-6-18)32-24(26-21)23(28)25-11-12-27-13-15-31-16-14-27;/h3-10H,11-16H2,1-2H3,(H,25,28);1H. The van der Waals surface area contributed by atoms with Crippen molar-refractivity contribution in [2.24, 2.45) is 0 Å². The van der Waals surface area contributed by atoms with Crippen molar-refractivity contribution >= 4 is 29.7 Å². The molecular weight excluding hydrogens is 462 g/mol. The van der Waals surface area contributed by atoms with E-state index in [1.165, 1.54) is 11.3 Å². The van der Waals surface area contributed by atoms with E-state index in [0.29, 0.717) is 11.6 Å². The number of carbonyl (C=O) groups excluding carboxylic acids is 1. The highest BCUT2D eigenvalue weighted by molar-refractivity contribution is 7.17. The number of carbonyl (C=O) groups is 1. The van der Waals surface area contributed by atoms with Crippen LogP contribution in [0.25, 0.3) is 21.7 Å². The first-order valence-electron chi connectivity index (χ1n) is 10.6. The number of methoxy groups -OCH3 is 2. The van der Waals surface area contributed by atoms with Crippen molar-refractivity contribution in [2.45, 2.75) is 0 Å². The third-order valence-corrected chi connectivity index (χ3v) is 6.46. The molecule has 0 atom stereocenters. The number of nitrogens with zero attached hydrogens (tertiary/aromatic N) is 2. The summed E-state index contributed by atoms with van der Waals surface area (Å²) in [6, 6.07) is 15.5. The number of hydrogen-bond donors (Lipinski definition) is 1. The number of ether oxygens (including phenoxy) is 3. The van der Waals surface area contributed by atoms with Crippen LogP contribution in [0.5, 0.6) is 11.5 Å². The highest BCUT2D eigenvalue weighted by atomic mass is 35.5. The van der Waals surface area contributed by atoms with Crippen molar-refractivity contribution in [1.82, 2.24) is 15.2 Å². The van der Waals surface area contributed by atoms with Crippen LogP contribution in [0.1, 0.15) is 9.80 Å². The minimum absolute atomic E-state index is 0. The molecule has 1 amide bonds. The van der Waals surface area contributed by atoms with E-state index in [1.54, 1.807) is 14.2 Å². The third kappa shape index (κ3) is 6.23. The highest BCUT2D eigenvalue weighted by Gasteiger charge is 2.20. The second kappa shape index (κ2) is 12.0. The zero-order valence-corrected chi connectivity index (χ0v) is 20.3. The largest absolute Gasteiger partial charge is 0.497 e. The van der Waals surface area contributed by atoms with Gasteiger partial charge in [0.15, 0.2) is 5.01 Å². The Morgan fingerprint density at radius 3 is 2.15 bits per heavy atom. The van der Waals surface area contributed by atoms with Gasteiger partial charge in [0, 0.05) is 31.7 Å². The fraction of sp³-hybridized carbons (Fsp3) is 0.333. The third-order valence-electron chi connectivity index (χ3n) is 5.35. The molecule has 1 aromatic heterocycles. The van der Waals surface area contributed by atoms with Crippen LogP contribution >= 0.6 is 23.7 Å². The van der Waals surface area contributed by atoms with E-state index in [9.17, 15) is 4.79 Å². The summed E-state index contributed by atoms with van der Waals surface area (Å²) in [6.07, 6.45) is 0. The summed E-state index contributed by atoms with van der Waals surface area (Å²) in [4.78, 5) is 20.8. The van der Waals surface area contributed by atoms with E-state index >= 15 is 0 Å². The van der Waals surface area contributed by atoms with Crippen molar-refractivity contribution in [1.29, 1.82) is 0 Å². The zero-order chi connectivity index (χ0) is 22.3. The Bertz CT molecular complexity index is 970. The van der Waals surface area contributed by atoms with Crippen LogP contribution < -0.4 is 14.8 Å². The lowest BCUT2D eigenvalue weighted by molar-refractivity contribution is 0.0383. The molecule has 0 radical (unpaired) electrons. The van der Waals surface area contributed by atoms with Crippen LogP contribution in [-0.4, -0.2) is 69.4 Å². The molecular formula is C24H28ClN3O4S. The molecule has 1 saturated heterocycles. The lowest BCUT2D eigenvalue weighted by Gasteiger charge is -2.26. The minimum Gasteiger partial charge on any atom is -0.497 e. The van der Waals surface area contributed by atoms with E-state index in [1.807, 2.05) is 48.5 Å². The van der Waals surface area contributed by atoms with E-state index in [0.717, 1.165) is 66.0 Å². The average Bonchev–Trinajstić information content (AvgIpc) is 3.30. The molecule has 0 bridgehead atoms. The summed E-state index contributed by atoms with van der Waals surface area (Å²) < 4.78 is 15.9. The van der Waals surface area contributed by atoms with E-state index in [-0.39, 0.29) is 18.3 Å². The Kier molecular flexibility index (Phi) is 9.08. The number of amides is 1. The Morgan fingerprint density at radius 1 is 1.00 bits per heavy atom. The van der Waals surface area contributed by atoms with Gasteiger partial charge in [-0.2, -0.15) is 0 Å². The molecule has 1 aliphatic rings. The average molecular weight is 490 g/mol. The highest BCUT2D eigenvalue weighted by Crippen LogP contribution is 2.38. The number of morpholine rings is 1. The first-order valence-corrected chi connectivity index (χ1v) is 11.4. The molecule has 0 unspecified atom stereocenters. The lowest BCUT2D eigenvalue weighted by Crippen LogP contribution is -2.41. The van der Waals surface area contributed by atoms with Gasteiger partial charge in [0.25, 0.3) is 5.91 Å². The molecule has 0 saturated carbocycles. The van der Waals surface area contributed by atoms with Gasteiger partial charge in [-0.25, -0.2) is 4.98 Å². The fourth-order valence-corrected chi connectivity index (χ4v) is 4.54. The minimum atomic E-state index is -0.155. The maximum Gasteiger partial charge on any atom is 0.280 e. The molecule has 0 spiro atoms. The van der Waals surface area contributed by atoms with E-state index in [4.69, 9.17) is 19.2 Å². The molecule has 0 aliphatic carbocycles. The zero-order valence-electron chi connectivity index (χ0n) is 18.7. The van der Waals surface area contributed by atoms with Crippen LogP contribution in [0.2, 0.25) is 0 Å². The van der Waals surface area contributed by atoms with E-state index < -0.39 is 0 Å².